The summed E-state index contributed by atoms with van der Waals surface area (Å²) in [5.74, 6) is 0.00736. The summed E-state index contributed by atoms with van der Waals surface area (Å²) in [4.78, 5) is 14.6. The summed E-state index contributed by atoms with van der Waals surface area (Å²) < 4.78 is 0. The van der Waals surface area contributed by atoms with Crippen LogP contribution in [0.4, 0.5) is 0 Å². The molecule has 0 saturated carbocycles. The molecule has 1 amide bonds. The van der Waals surface area contributed by atoms with Crippen molar-refractivity contribution in [1.29, 1.82) is 0 Å². The zero-order valence-corrected chi connectivity index (χ0v) is 9.33. The second-order valence-corrected chi connectivity index (χ2v) is 4.47. The van der Waals surface area contributed by atoms with Gasteiger partial charge in [-0.2, -0.15) is 0 Å². The van der Waals surface area contributed by atoms with Crippen molar-refractivity contribution in [3.8, 4) is 0 Å². The molecular formula is C11H13NO2S. The molecule has 1 aliphatic rings. The molecule has 0 atom stereocenters. The van der Waals surface area contributed by atoms with Crippen molar-refractivity contribution in [2.45, 2.75) is 11.0 Å². The van der Waals surface area contributed by atoms with E-state index >= 15 is 0 Å². The van der Waals surface area contributed by atoms with E-state index in [4.69, 9.17) is 5.11 Å². The predicted octanol–water partition coefficient (Wildman–Crippen LogP) is 1.23. The number of amides is 1. The van der Waals surface area contributed by atoms with E-state index in [1.54, 1.807) is 16.7 Å². The Morgan fingerprint density at radius 3 is 2.47 bits per heavy atom. The normalized spacial score (nSPS) is 16.3. The first-order valence-corrected chi connectivity index (χ1v) is 6.04. The van der Waals surface area contributed by atoms with Gasteiger partial charge in [0.15, 0.2) is 0 Å². The number of rotatable bonds is 2. The summed E-state index contributed by atoms with van der Waals surface area (Å²) >= 11 is 1.65. The molecule has 1 saturated heterocycles. The van der Waals surface area contributed by atoms with Crippen molar-refractivity contribution in [2.24, 2.45) is 0 Å². The van der Waals surface area contributed by atoms with Gasteiger partial charge >= 0.3 is 0 Å². The highest BCUT2D eigenvalue weighted by Gasteiger charge is 2.29. The van der Waals surface area contributed by atoms with Gasteiger partial charge in [0.1, 0.15) is 0 Å². The second-order valence-electron chi connectivity index (χ2n) is 3.59. The number of carbonyl (C=O) groups is 1. The molecule has 1 heterocycles. The topological polar surface area (TPSA) is 40.5 Å². The lowest BCUT2D eigenvalue weighted by atomic mass is 10.1. The minimum atomic E-state index is -0.334. The Morgan fingerprint density at radius 2 is 2.00 bits per heavy atom. The Labute approximate surface area is 93.1 Å². The monoisotopic (exact) mass is 223 g/mol. The minimum Gasteiger partial charge on any atom is -0.389 e. The fourth-order valence-electron chi connectivity index (χ4n) is 1.54. The van der Waals surface area contributed by atoms with Gasteiger partial charge in [-0.3, -0.25) is 4.79 Å². The van der Waals surface area contributed by atoms with Crippen LogP contribution in [-0.2, 0) is 0 Å². The molecule has 2 rings (SSSR count). The van der Waals surface area contributed by atoms with Crippen molar-refractivity contribution in [1.82, 2.24) is 4.90 Å². The third kappa shape index (κ3) is 2.16. The van der Waals surface area contributed by atoms with E-state index in [0.717, 1.165) is 4.90 Å². The average Bonchev–Trinajstić information content (AvgIpc) is 2.24. The van der Waals surface area contributed by atoms with Gasteiger partial charge in [0.05, 0.1) is 6.10 Å². The lowest BCUT2D eigenvalue weighted by Crippen LogP contribution is -2.53. The molecule has 80 valence electrons. The van der Waals surface area contributed by atoms with Crippen LogP contribution in [0.25, 0.3) is 0 Å². The highest BCUT2D eigenvalue weighted by atomic mass is 32.2. The Morgan fingerprint density at radius 1 is 1.40 bits per heavy atom. The first-order valence-electron chi connectivity index (χ1n) is 4.82. The molecule has 15 heavy (non-hydrogen) atoms. The summed E-state index contributed by atoms with van der Waals surface area (Å²) in [6, 6.07) is 7.54. The van der Waals surface area contributed by atoms with Crippen LogP contribution in [-0.4, -0.2) is 41.4 Å². The van der Waals surface area contributed by atoms with Crippen molar-refractivity contribution >= 4 is 17.7 Å². The molecule has 1 aromatic rings. The molecule has 0 aliphatic carbocycles. The van der Waals surface area contributed by atoms with Gasteiger partial charge in [-0.25, -0.2) is 0 Å². The van der Waals surface area contributed by atoms with E-state index in [9.17, 15) is 4.79 Å². The summed E-state index contributed by atoms with van der Waals surface area (Å²) in [7, 11) is 0. The maximum Gasteiger partial charge on any atom is 0.254 e. The number of β-amino-alcohol motifs (C(OH)–C–C–N with tert-alkyl or cyclic N) is 1. The standard InChI is InChI=1S/C11H13NO2S/c1-15-10-4-2-8(3-5-10)11(14)12-6-9(13)7-12/h2-5,9,13H,6-7H2,1H3. The molecule has 1 aromatic carbocycles. The van der Waals surface area contributed by atoms with E-state index in [0.29, 0.717) is 18.7 Å². The molecule has 0 aromatic heterocycles. The Balaban J connectivity index is 2.06. The van der Waals surface area contributed by atoms with Gasteiger partial charge in [0, 0.05) is 23.5 Å². The maximum atomic E-state index is 11.8. The number of likely N-dealkylation sites (tertiary alicyclic amines) is 1. The Bertz CT molecular complexity index is 357. The first-order chi connectivity index (χ1) is 7.20. The highest BCUT2D eigenvalue weighted by molar-refractivity contribution is 7.98. The van der Waals surface area contributed by atoms with Crippen LogP contribution >= 0.6 is 11.8 Å². The molecular weight excluding hydrogens is 210 g/mol. The third-order valence-electron chi connectivity index (χ3n) is 2.49. The van der Waals surface area contributed by atoms with Crippen molar-refractivity contribution in [3.05, 3.63) is 29.8 Å². The van der Waals surface area contributed by atoms with Gasteiger partial charge in [-0.05, 0) is 30.5 Å². The Kier molecular flexibility index (Phi) is 2.98. The summed E-state index contributed by atoms with van der Waals surface area (Å²) in [6.45, 7) is 0.923. The molecule has 4 heteroatoms. The van der Waals surface area contributed by atoms with Gasteiger partial charge in [-0.15, -0.1) is 11.8 Å². The molecule has 0 bridgehead atoms. The smallest absolute Gasteiger partial charge is 0.254 e. The quantitative estimate of drug-likeness (QED) is 0.766. The summed E-state index contributed by atoms with van der Waals surface area (Å²) in [5.41, 5.74) is 0.694. The first kappa shape index (κ1) is 10.5. The van der Waals surface area contributed by atoms with Crippen LogP contribution in [0.1, 0.15) is 10.4 Å². The molecule has 0 radical (unpaired) electrons. The van der Waals surface area contributed by atoms with Crippen molar-refractivity contribution in [3.63, 3.8) is 0 Å². The second kappa shape index (κ2) is 4.24. The van der Waals surface area contributed by atoms with Gasteiger partial charge in [0.25, 0.3) is 5.91 Å². The molecule has 1 N–H and O–H groups in total. The number of hydrogen-bond donors (Lipinski definition) is 1. The van der Waals surface area contributed by atoms with E-state index in [-0.39, 0.29) is 12.0 Å². The predicted molar refractivity (Wildman–Crippen MR) is 60.1 cm³/mol. The van der Waals surface area contributed by atoms with Crippen LogP contribution in [0.2, 0.25) is 0 Å². The van der Waals surface area contributed by atoms with E-state index < -0.39 is 0 Å². The van der Waals surface area contributed by atoms with Crippen LogP contribution in [0, 0.1) is 0 Å². The zero-order valence-electron chi connectivity index (χ0n) is 8.51. The van der Waals surface area contributed by atoms with E-state index in [2.05, 4.69) is 0 Å². The number of thioether (sulfide) groups is 1. The third-order valence-corrected chi connectivity index (χ3v) is 3.23. The number of nitrogens with zero attached hydrogens (tertiary/aromatic N) is 1. The minimum absolute atomic E-state index is 0.00736. The van der Waals surface area contributed by atoms with Crippen molar-refractivity contribution in [2.75, 3.05) is 19.3 Å². The van der Waals surface area contributed by atoms with Gasteiger partial charge in [-0.1, -0.05) is 0 Å². The van der Waals surface area contributed by atoms with Crippen LogP contribution < -0.4 is 0 Å². The number of aliphatic hydroxyl groups is 1. The lowest BCUT2D eigenvalue weighted by molar-refractivity contribution is 0.00589. The molecule has 1 fully saturated rings. The fourth-order valence-corrected chi connectivity index (χ4v) is 1.95. The van der Waals surface area contributed by atoms with E-state index in [1.165, 1.54) is 0 Å². The highest BCUT2D eigenvalue weighted by Crippen LogP contribution is 2.17. The lowest BCUT2D eigenvalue weighted by Gasteiger charge is -2.35. The molecule has 1 aliphatic heterocycles. The van der Waals surface area contributed by atoms with Crippen LogP contribution in [0.3, 0.4) is 0 Å². The Hall–Kier alpha value is -1.00. The van der Waals surface area contributed by atoms with Crippen LogP contribution in [0.5, 0.6) is 0 Å². The number of hydrogen-bond acceptors (Lipinski definition) is 3. The summed E-state index contributed by atoms with van der Waals surface area (Å²) in [6.07, 6.45) is 1.67. The number of aliphatic hydroxyl groups excluding tert-OH is 1. The summed E-state index contributed by atoms with van der Waals surface area (Å²) in [5, 5.41) is 9.10. The van der Waals surface area contributed by atoms with Crippen LogP contribution in [0.15, 0.2) is 29.2 Å². The maximum absolute atomic E-state index is 11.8. The molecule has 0 spiro atoms. The van der Waals surface area contributed by atoms with Crippen molar-refractivity contribution < 1.29 is 9.90 Å². The molecule has 0 unspecified atom stereocenters. The molecule has 3 nitrogen and oxygen atoms in total. The van der Waals surface area contributed by atoms with Gasteiger partial charge < -0.3 is 10.0 Å². The van der Waals surface area contributed by atoms with E-state index in [1.807, 2.05) is 30.5 Å². The average molecular weight is 223 g/mol. The zero-order chi connectivity index (χ0) is 10.8. The van der Waals surface area contributed by atoms with Gasteiger partial charge in [0.2, 0.25) is 0 Å². The SMILES string of the molecule is CSc1ccc(C(=O)N2CC(O)C2)cc1. The number of carbonyl (C=O) groups excluding carboxylic acids is 1. The number of benzene rings is 1. The fraction of sp³-hybridized carbons (Fsp3) is 0.364. The largest absolute Gasteiger partial charge is 0.389 e.